The molecule has 0 fully saturated rings. The van der Waals surface area contributed by atoms with Gasteiger partial charge in [-0.2, -0.15) is 0 Å². The Hall–Kier alpha value is -0.440. The molecule has 0 saturated carbocycles. The predicted octanol–water partition coefficient (Wildman–Crippen LogP) is 1.26. The SMILES string of the molecule is C=CC(=O)N(S)CCC. The molecule has 0 spiro atoms. The minimum atomic E-state index is -0.139. The Morgan fingerprint density at radius 3 is 2.78 bits per heavy atom. The van der Waals surface area contributed by atoms with Gasteiger partial charge in [-0.25, -0.2) is 0 Å². The average molecular weight is 145 g/mol. The van der Waals surface area contributed by atoms with Crippen LogP contribution >= 0.6 is 12.8 Å². The topological polar surface area (TPSA) is 20.3 Å². The molecule has 0 atom stereocenters. The summed E-state index contributed by atoms with van der Waals surface area (Å²) in [6.45, 7) is 5.98. The molecular formula is C6H11NOS. The van der Waals surface area contributed by atoms with E-state index in [1.54, 1.807) is 0 Å². The molecule has 0 aromatic carbocycles. The Morgan fingerprint density at radius 1 is 1.89 bits per heavy atom. The minimum Gasteiger partial charge on any atom is -0.286 e. The molecule has 0 aromatic heterocycles. The van der Waals surface area contributed by atoms with Crippen LogP contribution in [0.3, 0.4) is 0 Å². The van der Waals surface area contributed by atoms with Gasteiger partial charge in [0.25, 0.3) is 5.91 Å². The first-order chi connectivity index (χ1) is 4.22. The van der Waals surface area contributed by atoms with Crippen LogP contribution in [0.25, 0.3) is 0 Å². The lowest BCUT2D eigenvalue weighted by Crippen LogP contribution is -2.19. The van der Waals surface area contributed by atoms with E-state index < -0.39 is 0 Å². The summed E-state index contributed by atoms with van der Waals surface area (Å²) in [5.41, 5.74) is 0. The average Bonchev–Trinajstić information content (AvgIpc) is 1.87. The van der Waals surface area contributed by atoms with Crippen molar-refractivity contribution in [3.05, 3.63) is 12.7 Å². The van der Waals surface area contributed by atoms with E-state index >= 15 is 0 Å². The van der Waals surface area contributed by atoms with Gasteiger partial charge in [0, 0.05) is 6.54 Å². The summed E-state index contributed by atoms with van der Waals surface area (Å²) in [5, 5.41) is 0. The summed E-state index contributed by atoms with van der Waals surface area (Å²) in [7, 11) is 0. The first kappa shape index (κ1) is 8.56. The van der Waals surface area contributed by atoms with Crippen LogP contribution < -0.4 is 0 Å². The molecule has 0 unspecified atom stereocenters. The van der Waals surface area contributed by atoms with Crippen molar-refractivity contribution < 1.29 is 4.79 Å². The van der Waals surface area contributed by atoms with E-state index in [4.69, 9.17) is 0 Å². The smallest absolute Gasteiger partial charge is 0.255 e. The molecule has 0 aliphatic carbocycles. The van der Waals surface area contributed by atoms with Gasteiger partial charge >= 0.3 is 0 Å². The predicted molar refractivity (Wildman–Crippen MR) is 41.2 cm³/mol. The van der Waals surface area contributed by atoms with E-state index in [0.29, 0.717) is 6.54 Å². The van der Waals surface area contributed by atoms with Gasteiger partial charge in [-0.15, -0.1) is 0 Å². The number of thiol groups is 1. The molecule has 2 nitrogen and oxygen atoms in total. The summed E-state index contributed by atoms with van der Waals surface area (Å²) in [4.78, 5) is 10.6. The van der Waals surface area contributed by atoms with Crippen LogP contribution in [0, 0.1) is 0 Å². The van der Waals surface area contributed by atoms with Crippen LogP contribution in [-0.4, -0.2) is 16.8 Å². The second-order valence-corrected chi connectivity index (χ2v) is 2.15. The molecule has 0 aliphatic rings. The third-order valence-corrected chi connectivity index (χ3v) is 1.26. The van der Waals surface area contributed by atoms with Gasteiger partial charge in [-0.05, 0) is 12.5 Å². The van der Waals surface area contributed by atoms with Crippen molar-refractivity contribution in [1.29, 1.82) is 0 Å². The van der Waals surface area contributed by atoms with Crippen molar-refractivity contribution in [3.63, 3.8) is 0 Å². The standard InChI is InChI=1S/C6H11NOS/c1-3-5-7(9)6(8)4-2/h4,9H,2-3,5H2,1H3. The molecule has 0 bridgehead atoms. The third-order valence-electron chi connectivity index (χ3n) is 0.864. The van der Waals surface area contributed by atoms with E-state index in [0.717, 1.165) is 6.42 Å². The molecule has 0 saturated heterocycles. The summed E-state index contributed by atoms with van der Waals surface area (Å²) < 4.78 is 1.34. The highest BCUT2D eigenvalue weighted by Crippen LogP contribution is 1.95. The molecule has 1 amide bonds. The first-order valence-corrected chi connectivity index (χ1v) is 3.25. The van der Waals surface area contributed by atoms with Crippen molar-refractivity contribution in [1.82, 2.24) is 4.31 Å². The minimum absolute atomic E-state index is 0.139. The van der Waals surface area contributed by atoms with Crippen LogP contribution in [-0.2, 0) is 4.79 Å². The van der Waals surface area contributed by atoms with Crippen LogP contribution in [0.1, 0.15) is 13.3 Å². The third kappa shape index (κ3) is 3.19. The zero-order chi connectivity index (χ0) is 7.28. The molecule has 0 rings (SSSR count). The van der Waals surface area contributed by atoms with E-state index in [1.807, 2.05) is 6.92 Å². The molecule has 0 heterocycles. The summed E-state index contributed by atoms with van der Waals surface area (Å²) in [5.74, 6) is -0.139. The highest BCUT2D eigenvalue weighted by molar-refractivity contribution is 7.78. The van der Waals surface area contributed by atoms with Crippen LogP contribution in [0.15, 0.2) is 12.7 Å². The van der Waals surface area contributed by atoms with Crippen molar-refractivity contribution in [2.24, 2.45) is 0 Å². The number of carbonyl (C=O) groups excluding carboxylic acids is 1. The Labute approximate surface area is 61.1 Å². The number of carbonyl (C=O) groups is 1. The lowest BCUT2D eigenvalue weighted by atomic mass is 10.4. The normalized spacial score (nSPS) is 8.67. The highest BCUT2D eigenvalue weighted by Gasteiger charge is 2.00. The van der Waals surface area contributed by atoms with Crippen LogP contribution in [0.5, 0.6) is 0 Å². The Bertz CT molecular complexity index is 114. The number of hydrogen-bond donors (Lipinski definition) is 1. The Morgan fingerprint density at radius 2 is 2.44 bits per heavy atom. The largest absolute Gasteiger partial charge is 0.286 e. The number of rotatable bonds is 3. The molecule has 0 radical (unpaired) electrons. The Balaban J connectivity index is 3.58. The van der Waals surface area contributed by atoms with Gasteiger partial charge in [-0.3, -0.25) is 9.10 Å². The van der Waals surface area contributed by atoms with E-state index in [2.05, 4.69) is 19.4 Å². The monoisotopic (exact) mass is 145 g/mol. The van der Waals surface area contributed by atoms with E-state index in [1.165, 1.54) is 10.4 Å². The Kier molecular flexibility index (Phi) is 4.22. The quantitative estimate of drug-likeness (QED) is 0.468. The number of nitrogens with zero attached hydrogens (tertiary/aromatic N) is 1. The molecule has 0 N–H and O–H groups in total. The van der Waals surface area contributed by atoms with Crippen molar-refractivity contribution >= 4 is 18.7 Å². The second kappa shape index (κ2) is 4.44. The van der Waals surface area contributed by atoms with Gasteiger partial charge in [-0.1, -0.05) is 26.3 Å². The van der Waals surface area contributed by atoms with Crippen molar-refractivity contribution in [2.75, 3.05) is 6.54 Å². The van der Waals surface area contributed by atoms with E-state index in [-0.39, 0.29) is 5.91 Å². The van der Waals surface area contributed by atoms with Crippen LogP contribution in [0.2, 0.25) is 0 Å². The van der Waals surface area contributed by atoms with Gasteiger partial charge in [0.15, 0.2) is 0 Å². The zero-order valence-corrected chi connectivity index (χ0v) is 6.40. The lowest BCUT2D eigenvalue weighted by molar-refractivity contribution is -0.121. The maximum atomic E-state index is 10.6. The summed E-state index contributed by atoms with van der Waals surface area (Å²) in [6, 6.07) is 0. The fourth-order valence-electron chi connectivity index (χ4n) is 0.427. The molecule has 9 heavy (non-hydrogen) atoms. The summed E-state index contributed by atoms with van der Waals surface area (Å²) >= 11 is 3.90. The highest BCUT2D eigenvalue weighted by atomic mass is 32.1. The maximum absolute atomic E-state index is 10.6. The molecule has 52 valence electrons. The van der Waals surface area contributed by atoms with Crippen molar-refractivity contribution in [2.45, 2.75) is 13.3 Å². The van der Waals surface area contributed by atoms with Crippen molar-refractivity contribution in [3.8, 4) is 0 Å². The molecule has 0 aliphatic heterocycles. The zero-order valence-electron chi connectivity index (χ0n) is 5.50. The lowest BCUT2D eigenvalue weighted by Gasteiger charge is -2.10. The first-order valence-electron chi connectivity index (χ1n) is 2.85. The molecular weight excluding hydrogens is 134 g/mol. The second-order valence-electron chi connectivity index (χ2n) is 1.67. The fourth-order valence-corrected chi connectivity index (χ4v) is 0.709. The number of hydrogen-bond acceptors (Lipinski definition) is 2. The van der Waals surface area contributed by atoms with Gasteiger partial charge in [0.1, 0.15) is 0 Å². The van der Waals surface area contributed by atoms with Gasteiger partial charge < -0.3 is 0 Å². The molecule has 3 heteroatoms. The van der Waals surface area contributed by atoms with E-state index in [9.17, 15) is 4.79 Å². The maximum Gasteiger partial charge on any atom is 0.255 e. The van der Waals surface area contributed by atoms with Gasteiger partial charge in [0.2, 0.25) is 0 Å². The van der Waals surface area contributed by atoms with Gasteiger partial charge in [0.05, 0.1) is 0 Å². The fraction of sp³-hybridized carbons (Fsp3) is 0.500. The number of amides is 1. The summed E-state index contributed by atoms with van der Waals surface area (Å²) in [6.07, 6.45) is 2.17. The van der Waals surface area contributed by atoms with Crippen LogP contribution in [0.4, 0.5) is 0 Å². The molecule has 0 aromatic rings.